The molecule has 2 heteroatoms. The Morgan fingerprint density at radius 3 is 2.35 bits per heavy atom. The predicted octanol–water partition coefficient (Wildman–Crippen LogP) is 3.10. The normalized spacial score (nSPS) is 32.8. The molecule has 0 amide bonds. The number of nitrogens with one attached hydrogen (secondary N) is 1. The minimum atomic E-state index is -0.113. The Bertz CT molecular complexity index is 205. The van der Waals surface area contributed by atoms with E-state index in [9.17, 15) is 5.11 Å². The van der Waals surface area contributed by atoms with E-state index in [2.05, 4.69) is 12.2 Å². The molecule has 0 aromatic carbocycles. The minimum absolute atomic E-state index is 0.113. The largest absolute Gasteiger partial charge is 0.392 e. The van der Waals surface area contributed by atoms with Crippen molar-refractivity contribution in [3.63, 3.8) is 0 Å². The molecule has 0 heterocycles. The van der Waals surface area contributed by atoms with Crippen LogP contribution in [0.1, 0.15) is 64.7 Å². The maximum absolute atomic E-state index is 10.0. The molecular formula is C15H29NO. The molecule has 0 aromatic rings. The van der Waals surface area contributed by atoms with E-state index in [1.165, 1.54) is 51.4 Å². The Morgan fingerprint density at radius 2 is 1.71 bits per heavy atom. The van der Waals surface area contributed by atoms with Gasteiger partial charge in [-0.1, -0.05) is 32.6 Å². The van der Waals surface area contributed by atoms with Crippen LogP contribution in [0.2, 0.25) is 0 Å². The second-order valence-corrected chi connectivity index (χ2v) is 6.41. The summed E-state index contributed by atoms with van der Waals surface area (Å²) in [6.45, 7) is 3.17. The van der Waals surface area contributed by atoms with Gasteiger partial charge in [-0.05, 0) is 43.9 Å². The molecule has 0 spiro atoms. The zero-order chi connectivity index (χ0) is 12.1. The third-order valence-electron chi connectivity index (χ3n) is 4.74. The average Bonchev–Trinajstić information content (AvgIpc) is 2.81. The van der Waals surface area contributed by atoms with Crippen LogP contribution in [0.4, 0.5) is 0 Å². The summed E-state index contributed by atoms with van der Waals surface area (Å²) < 4.78 is 0. The van der Waals surface area contributed by atoms with E-state index in [4.69, 9.17) is 0 Å². The quantitative estimate of drug-likeness (QED) is 0.772. The summed E-state index contributed by atoms with van der Waals surface area (Å²) >= 11 is 0. The summed E-state index contributed by atoms with van der Waals surface area (Å²) in [5, 5.41) is 13.6. The maximum atomic E-state index is 10.0. The van der Waals surface area contributed by atoms with Gasteiger partial charge < -0.3 is 10.4 Å². The summed E-state index contributed by atoms with van der Waals surface area (Å²) in [4.78, 5) is 0. The van der Waals surface area contributed by atoms with Gasteiger partial charge >= 0.3 is 0 Å². The third kappa shape index (κ3) is 4.59. The highest BCUT2D eigenvalue weighted by Crippen LogP contribution is 2.28. The summed E-state index contributed by atoms with van der Waals surface area (Å²) in [5.74, 6) is 1.72. The molecule has 2 saturated carbocycles. The van der Waals surface area contributed by atoms with Gasteiger partial charge in [0.2, 0.25) is 0 Å². The maximum Gasteiger partial charge on any atom is 0.0667 e. The van der Waals surface area contributed by atoms with Gasteiger partial charge in [-0.3, -0.25) is 0 Å². The predicted molar refractivity (Wildman–Crippen MR) is 72.0 cm³/mol. The highest BCUT2D eigenvalue weighted by Gasteiger charge is 2.21. The zero-order valence-corrected chi connectivity index (χ0v) is 11.3. The van der Waals surface area contributed by atoms with E-state index in [1.54, 1.807) is 0 Å². The SMILES string of the molecule is CC1CCC(NCC(O)CC2CCCC2)CC1. The molecule has 2 fully saturated rings. The molecule has 1 atom stereocenters. The third-order valence-corrected chi connectivity index (χ3v) is 4.74. The molecule has 0 aromatic heterocycles. The highest BCUT2D eigenvalue weighted by molar-refractivity contribution is 4.78. The molecule has 0 saturated heterocycles. The fraction of sp³-hybridized carbons (Fsp3) is 1.00. The molecule has 0 bridgehead atoms. The van der Waals surface area contributed by atoms with Crippen LogP contribution in [0.15, 0.2) is 0 Å². The fourth-order valence-corrected chi connectivity index (χ4v) is 3.48. The van der Waals surface area contributed by atoms with Gasteiger partial charge in [-0.25, -0.2) is 0 Å². The van der Waals surface area contributed by atoms with Crippen LogP contribution >= 0.6 is 0 Å². The first kappa shape index (κ1) is 13.4. The Labute approximate surface area is 106 Å². The van der Waals surface area contributed by atoms with E-state index in [0.29, 0.717) is 6.04 Å². The smallest absolute Gasteiger partial charge is 0.0667 e. The van der Waals surface area contributed by atoms with E-state index in [-0.39, 0.29) is 6.10 Å². The molecule has 2 N–H and O–H groups in total. The van der Waals surface area contributed by atoms with Crippen molar-refractivity contribution < 1.29 is 5.11 Å². The van der Waals surface area contributed by atoms with E-state index in [1.807, 2.05) is 0 Å². The van der Waals surface area contributed by atoms with Crippen molar-refractivity contribution in [3.05, 3.63) is 0 Å². The first-order valence-corrected chi connectivity index (χ1v) is 7.65. The van der Waals surface area contributed by atoms with Crippen LogP contribution in [0, 0.1) is 11.8 Å². The van der Waals surface area contributed by atoms with Crippen LogP contribution < -0.4 is 5.32 Å². The Morgan fingerprint density at radius 1 is 1.06 bits per heavy atom. The van der Waals surface area contributed by atoms with Gasteiger partial charge in [0.1, 0.15) is 0 Å². The van der Waals surface area contributed by atoms with Gasteiger partial charge in [0.15, 0.2) is 0 Å². The van der Waals surface area contributed by atoms with Gasteiger partial charge in [0.25, 0.3) is 0 Å². The van der Waals surface area contributed by atoms with Crippen LogP contribution in [-0.2, 0) is 0 Å². The standard InChI is InChI=1S/C15H29NO/c1-12-6-8-14(9-7-12)16-11-15(17)10-13-4-2-3-5-13/h12-17H,2-11H2,1H3. The number of hydrogen-bond donors (Lipinski definition) is 2. The lowest BCUT2D eigenvalue weighted by Crippen LogP contribution is -2.38. The van der Waals surface area contributed by atoms with Crippen molar-refractivity contribution in [2.45, 2.75) is 76.9 Å². The van der Waals surface area contributed by atoms with Crippen LogP contribution in [-0.4, -0.2) is 23.8 Å². The molecule has 0 aliphatic heterocycles. The molecule has 1 unspecified atom stereocenters. The van der Waals surface area contributed by atoms with Crippen LogP contribution in [0.25, 0.3) is 0 Å². The second-order valence-electron chi connectivity index (χ2n) is 6.41. The molecule has 100 valence electrons. The van der Waals surface area contributed by atoms with Gasteiger partial charge in [0.05, 0.1) is 6.10 Å². The minimum Gasteiger partial charge on any atom is -0.392 e. The Kier molecular flexibility index (Phi) is 5.30. The van der Waals surface area contributed by atoms with Gasteiger partial charge in [0, 0.05) is 12.6 Å². The number of aliphatic hydroxyl groups excluding tert-OH is 1. The molecule has 2 nitrogen and oxygen atoms in total. The summed E-state index contributed by atoms with van der Waals surface area (Å²) in [7, 11) is 0. The summed E-state index contributed by atoms with van der Waals surface area (Å²) in [5.41, 5.74) is 0. The van der Waals surface area contributed by atoms with E-state index >= 15 is 0 Å². The van der Waals surface area contributed by atoms with Crippen LogP contribution in [0.5, 0.6) is 0 Å². The van der Waals surface area contributed by atoms with Crippen molar-refractivity contribution in [1.29, 1.82) is 0 Å². The Hall–Kier alpha value is -0.0800. The molecular weight excluding hydrogens is 210 g/mol. The number of aliphatic hydroxyl groups is 1. The lowest BCUT2D eigenvalue weighted by Gasteiger charge is -2.28. The highest BCUT2D eigenvalue weighted by atomic mass is 16.3. The van der Waals surface area contributed by atoms with E-state index in [0.717, 1.165) is 24.8 Å². The van der Waals surface area contributed by atoms with Crippen molar-refractivity contribution in [3.8, 4) is 0 Å². The molecule has 17 heavy (non-hydrogen) atoms. The first-order valence-electron chi connectivity index (χ1n) is 7.65. The van der Waals surface area contributed by atoms with Gasteiger partial charge in [-0.2, -0.15) is 0 Å². The van der Waals surface area contributed by atoms with Crippen molar-refractivity contribution in [2.24, 2.45) is 11.8 Å². The summed E-state index contributed by atoms with van der Waals surface area (Å²) in [6, 6.07) is 0.671. The van der Waals surface area contributed by atoms with Crippen molar-refractivity contribution in [2.75, 3.05) is 6.54 Å². The zero-order valence-electron chi connectivity index (χ0n) is 11.3. The molecule has 2 aliphatic carbocycles. The van der Waals surface area contributed by atoms with Crippen molar-refractivity contribution in [1.82, 2.24) is 5.32 Å². The molecule has 2 rings (SSSR count). The lowest BCUT2D eigenvalue weighted by molar-refractivity contribution is 0.132. The molecule has 0 radical (unpaired) electrons. The van der Waals surface area contributed by atoms with E-state index < -0.39 is 0 Å². The molecule has 2 aliphatic rings. The summed E-state index contributed by atoms with van der Waals surface area (Å²) in [6.07, 6.45) is 11.7. The number of rotatable bonds is 5. The average molecular weight is 239 g/mol. The topological polar surface area (TPSA) is 32.3 Å². The monoisotopic (exact) mass is 239 g/mol. The fourth-order valence-electron chi connectivity index (χ4n) is 3.48. The van der Waals surface area contributed by atoms with Crippen LogP contribution in [0.3, 0.4) is 0 Å². The second kappa shape index (κ2) is 6.75. The first-order chi connectivity index (χ1) is 8.24. The number of hydrogen-bond acceptors (Lipinski definition) is 2. The Balaban J connectivity index is 1.57. The van der Waals surface area contributed by atoms with Crippen molar-refractivity contribution >= 4 is 0 Å². The lowest BCUT2D eigenvalue weighted by atomic mass is 9.87. The van der Waals surface area contributed by atoms with Gasteiger partial charge in [-0.15, -0.1) is 0 Å².